The summed E-state index contributed by atoms with van der Waals surface area (Å²) in [6.45, 7) is 0. The molecule has 1 aromatic carbocycles. The molecule has 0 fully saturated rings. The summed E-state index contributed by atoms with van der Waals surface area (Å²) in [5.41, 5.74) is 3.08. The fraction of sp³-hybridized carbons (Fsp3) is 0. The minimum absolute atomic E-state index is 0.958. The third-order valence-corrected chi connectivity index (χ3v) is 2.44. The quantitative estimate of drug-likeness (QED) is 0.679. The Kier molecular flexibility index (Phi) is 2.07. The number of hydrogen-bond acceptors (Lipinski definition) is 2. The van der Waals surface area contributed by atoms with Gasteiger partial charge in [0.25, 0.3) is 0 Å². The number of hydrogen-bond donors (Lipinski definition) is 2. The van der Waals surface area contributed by atoms with E-state index in [1.54, 1.807) is 6.20 Å². The van der Waals surface area contributed by atoms with Crippen molar-refractivity contribution in [3.05, 3.63) is 54.7 Å². The molecule has 0 bridgehead atoms. The maximum Gasteiger partial charge on any atom is 0.110 e. The Bertz CT molecular complexity index is 566. The van der Waals surface area contributed by atoms with Crippen LogP contribution in [-0.4, -0.2) is 9.97 Å². The van der Waals surface area contributed by atoms with Crippen LogP contribution in [0.1, 0.15) is 0 Å². The number of benzene rings is 1. The molecular weight excluding hydrogens is 198 g/mol. The lowest BCUT2D eigenvalue weighted by Gasteiger charge is -2.01. The molecule has 0 unspecified atom stereocenters. The normalized spacial score (nSPS) is 10.5. The van der Waals surface area contributed by atoms with Crippen molar-refractivity contribution in [3.63, 3.8) is 0 Å². The highest BCUT2D eigenvalue weighted by atomic mass is 15.0. The van der Waals surface area contributed by atoms with Crippen molar-refractivity contribution in [2.45, 2.75) is 0 Å². The maximum atomic E-state index is 4.27. The highest BCUT2D eigenvalue weighted by Crippen LogP contribution is 2.19. The largest absolute Gasteiger partial charge is 0.342 e. The lowest BCUT2D eigenvalue weighted by molar-refractivity contribution is 1.40. The lowest BCUT2D eigenvalue weighted by atomic mass is 10.3. The van der Waals surface area contributed by atoms with E-state index >= 15 is 0 Å². The molecule has 2 N–H and O–H groups in total. The summed E-state index contributed by atoms with van der Waals surface area (Å²) in [5, 5.41) is 3.30. The summed E-state index contributed by atoms with van der Waals surface area (Å²) >= 11 is 0. The number of aromatic amines is 1. The zero-order valence-electron chi connectivity index (χ0n) is 8.64. The van der Waals surface area contributed by atoms with Crippen molar-refractivity contribution < 1.29 is 0 Å². The highest BCUT2D eigenvalue weighted by Gasteiger charge is 2.00. The Morgan fingerprint density at radius 3 is 2.69 bits per heavy atom. The van der Waals surface area contributed by atoms with E-state index in [4.69, 9.17) is 0 Å². The van der Waals surface area contributed by atoms with E-state index in [-0.39, 0.29) is 0 Å². The molecule has 0 atom stereocenters. The van der Waals surface area contributed by atoms with Crippen molar-refractivity contribution >= 4 is 22.5 Å². The number of rotatable bonds is 2. The van der Waals surface area contributed by atoms with Crippen LogP contribution in [0.25, 0.3) is 11.0 Å². The molecule has 2 heterocycles. The summed E-state index contributed by atoms with van der Waals surface area (Å²) in [6, 6.07) is 16.0. The predicted octanol–water partition coefficient (Wildman–Crippen LogP) is 3.31. The van der Waals surface area contributed by atoms with Crippen LogP contribution in [0.15, 0.2) is 54.7 Å². The van der Waals surface area contributed by atoms with E-state index < -0.39 is 0 Å². The molecule has 3 nitrogen and oxygen atoms in total. The first-order valence-electron chi connectivity index (χ1n) is 5.18. The van der Waals surface area contributed by atoms with Gasteiger partial charge in [-0.15, -0.1) is 0 Å². The van der Waals surface area contributed by atoms with Crippen LogP contribution in [0.3, 0.4) is 0 Å². The Morgan fingerprint density at radius 1 is 1.00 bits per heavy atom. The third kappa shape index (κ3) is 1.63. The molecule has 0 amide bonds. The monoisotopic (exact) mass is 209 g/mol. The minimum atomic E-state index is 0.958. The Balaban J connectivity index is 1.95. The zero-order chi connectivity index (χ0) is 10.8. The Hall–Kier alpha value is -2.29. The van der Waals surface area contributed by atoms with Crippen LogP contribution in [-0.2, 0) is 0 Å². The van der Waals surface area contributed by atoms with Gasteiger partial charge in [-0.25, -0.2) is 0 Å². The second kappa shape index (κ2) is 3.70. The van der Waals surface area contributed by atoms with Gasteiger partial charge >= 0.3 is 0 Å². The van der Waals surface area contributed by atoms with Gasteiger partial charge in [0.1, 0.15) is 5.82 Å². The molecular formula is C13H11N3. The van der Waals surface area contributed by atoms with Crippen molar-refractivity contribution in [1.29, 1.82) is 0 Å². The summed E-state index contributed by atoms with van der Waals surface area (Å²) in [6.07, 6.45) is 1.79. The first-order chi connectivity index (χ1) is 7.92. The number of nitrogens with zero attached hydrogens (tertiary/aromatic N) is 1. The summed E-state index contributed by atoms with van der Waals surface area (Å²) in [7, 11) is 0. The predicted molar refractivity (Wildman–Crippen MR) is 65.8 cm³/mol. The molecule has 0 aliphatic heterocycles. The molecule has 2 aromatic heterocycles. The van der Waals surface area contributed by atoms with Crippen LogP contribution in [0, 0.1) is 0 Å². The zero-order valence-corrected chi connectivity index (χ0v) is 8.64. The molecule has 3 rings (SSSR count). The van der Waals surface area contributed by atoms with Gasteiger partial charge < -0.3 is 10.3 Å². The van der Waals surface area contributed by atoms with Gasteiger partial charge in [-0.2, -0.15) is 0 Å². The SMILES string of the molecule is c1ccc(Nc2cc3ncccc3[nH]2)cc1. The van der Waals surface area contributed by atoms with Gasteiger partial charge in [-0.3, -0.25) is 4.98 Å². The van der Waals surface area contributed by atoms with Gasteiger partial charge in [0.2, 0.25) is 0 Å². The van der Waals surface area contributed by atoms with Gasteiger partial charge in [-0.05, 0) is 24.3 Å². The third-order valence-electron chi connectivity index (χ3n) is 2.44. The molecule has 0 spiro atoms. The van der Waals surface area contributed by atoms with Gasteiger partial charge in [0.15, 0.2) is 0 Å². The number of nitrogens with one attached hydrogen (secondary N) is 2. The smallest absolute Gasteiger partial charge is 0.110 e. The lowest BCUT2D eigenvalue weighted by Crippen LogP contribution is -1.88. The van der Waals surface area contributed by atoms with E-state index in [0.29, 0.717) is 0 Å². The highest BCUT2D eigenvalue weighted by molar-refractivity contribution is 5.80. The number of para-hydroxylation sites is 1. The van der Waals surface area contributed by atoms with Crippen molar-refractivity contribution in [2.24, 2.45) is 0 Å². The molecule has 0 aliphatic carbocycles. The van der Waals surface area contributed by atoms with E-state index in [0.717, 1.165) is 22.5 Å². The first-order valence-corrected chi connectivity index (χ1v) is 5.18. The summed E-state index contributed by atoms with van der Waals surface area (Å²) in [4.78, 5) is 7.54. The number of H-pyrrole nitrogens is 1. The van der Waals surface area contributed by atoms with Crippen LogP contribution in [0.2, 0.25) is 0 Å². The fourth-order valence-corrected chi connectivity index (χ4v) is 1.70. The number of pyridine rings is 1. The molecule has 0 saturated heterocycles. The van der Waals surface area contributed by atoms with Crippen LogP contribution in [0.4, 0.5) is 11.5 Å². The Labute approximate surface area is 93.1 Å². The van der Waals surface area contributed by atoms with Gasteiger partial charge in [-0.1, -0.05) is 18.2 Å². The number of fused-ring (bicyclic) bond motifs is 1. The fourth-order valence-electron chi connectivity index (χ4n) is 1.70. The van der Waals surface area contributed by atoms with Crippen molar-refractivity contribution in [1.82, 2.24) is 9.97 Å². The van der Waals surface area contributed by atoms with E-state index in [2.05, 4.69) is 15.3 Å². The van der Waals surface area contributed by atoms with Gasteiger partial charge in [0.05, 0.1) is 11.0 Å². The first kappa shape index (κ1) is 8.97. The van der Waals surface area contributed by atoms with Crippen molar-refractivity contribution in [2.75, 3.05) is 5.32 Å². The molecule has 16 heavy (non-hydrogen) atoms. The average Bonchev–Trinajstić information content (AvgIpc) is 2.72. The van der Waals surface area contributed by atoms with Crippen LogP contribution >= 0.6 is 0 Å². The molecule has 0 saturated carbocycles. The molecule has 0 radical (unpaired) electrons. The maximum absolute atomic E-state index is 4.27. The van der Waals surface area contributed by atoms with E-state index in [9.17, 15) is 0 Å². The average molecular weight is 209 g/mol. The van der Waals surface area contributed by atoms with Crippen LogP contribution < -0.4 is 5.32 Å². The van der Waals surface area contributed by atoms with E-state index in [1.165, 1.54) is 0 Å². The molecule has 0 aliphatic rings. The van der Waals surface area contributed by atoms with Gasteiger partial charge in [0, 0.05) is 18.0 Å². The van der Waals surface area contributed by atoms with E-state index in [1.807, 2.05) is 48.5 Å². The number of aromatic nitrogens is 2. The standard InChI is InChI=1S/C13H11N3/c1-2-5-10(6-3-1)15-13-9-12-11(16-13)7-4-8-14-12/h1-9,15-16H. The minimum Gasteiger partial charge on any atom is -0.342 e. The van der Waals surface area contributed by atoms with Crippen molar-refractivity contribution in [3.8, 4) is 0 Å². The molecule has 3 heteroatoms. The second-order valence-electron chi connectivity index (χ2n) is 3.61. The molecule has 78 valence electrons. The summed E-state index contributed by atoms with van der Waals surface area (Å²) in [5.74, 6) is 0.958. The molecule has 3 aromatic rings. The second-order valence-corrected chi connectivity index (χ2v) is 3.61. The summed E-state index contributed by atoms with van der Waals surface area (Å²) < 4.78 is 0. The van der Waals surface area contributed by atoms with Crippen LogP contribution in [0.5, 0.6) is 0 Å². The Morgan fingerprint density at radius 2 is 1.88 bits per heavy atom. The topological polar surface area (TPSA) is 40.7 Å². The number of anilines is 2.